The monoisotopic (exact) mass is 516 g/mol. The third-order valence-corrected chi connectivity index (χ3v) is 7.84. The van der Waals surface area contributed by atoms with E-state index >= 15 is 0 Å². The van der Waals surface area contributed by atoms with Crippen LogP contribution in [0.3, 0.4) is 0 Å². The number of anilines is 3. The van der Waals surface area contributed by atoms with Crippen LogP contribution in [0.25, 0.3) is 0 Å². The number of ether oxygens (including phenoxy) is 1. The van der Waals surface area contributed by atoms with Crippen LogP contribution >= 0.6 is 11.6 Å². The molecule has 3 heterocycles. The number of piperazine rings is 1. The van der Waals surface area contributed by atoms with Gasteiger partial charge < -0.3 is 20.3 Å². The minimum atomic E-state index is -0.101. The maximum absolute atomic E-state index is 13.0. The first kappa shape index (κ1) is 24.0. The Morgan fingerprint density at radius 1 is 0.973 bits per heavy atom. The van der Waals surface area contributed by atoms with E-state index in [-0.39, 0.29) is 23.8 Å². The van der Waals surface area contributed by atoms with E-state index in [1.54, 1.807) is 0 Å². The standard InChI is InChI=1S/C29H29ClN4O3/c30-24-17-20(31-28(35)19-11-16-37-18-19)9-10-26(24)33-12-14-34(15-13-33)27-21-5-1-2-6-22(21)29(36)32-25-8-4-3-7-23(25)27/h1-10,17,19,27H,11-16,18H2,(H,31,35)(H,32,36). The lowest BCUT2D eigenvalue weighted by molar-refractivity contribution is -0.119. The van der Waals surface area contributed by atoms with Crippen molar-refractivity contribution < 1.29 is 14.3 Å². The number of amides is 2. The van der Waals surface area contributed by atoms with Crippen LogP contribution in [0, 0.1) is 5.92 Å². The first-order valence-corrected chi connectivity index (χ1v) is 13.1. The second-order valence-electron chi connectivity index (χ2n) is 9.77. The summed E-state index contributed by atoms with van der Waals surface area (Å²) in [6.07, 6.45) is 0.752. The molecule has 37 heavy (non-hydrogen) atoms. The zero-order chi connectivity index (χ0) is 25.4. The van der Waals surface area contributed by atoms with Gasteiger partial charge in [0.1, 0.15) is 0 Å². The summed E-state index contributed by atoms with van der Waals surface area (Å²) in [6.45, 7) is 4.34. The Morgan fingerprint density at radius 3 is 2.49 bits per heavy atom. The lowest BCUT2D eigenvalue weighted by atomic mass is 9.93. The molecule has 2 fully saturated rings. The quantitative estimate of drug-likeness (QED) is 0.521. The van der Waals surface area contributed by atoms with Gasteiger partial charge >= 0.3 is 0 Å². The molecule has 3 aliphatic heterocycles. The third-order valence-electron chi connectivity index (χ3n) is 7.54. The molecule has 0 aliphatic carbocycles. The summed E-state index contributed by atoms with van der Waals surface area (Å²) in [5, 5.41) is 6.68. The first-order chi connectivity index (χ1) is 18.1. The highest BCUT2D eigenvalue weighted by Gasteiger charge is 2.33. The molecule has 2 saturated heterocycles. The molecule has 3 aliphatic rings. The molecular weight excluding hydrogens is 488 g/mol. The van der Waals surface area contributed by atoms with Crippen molar-refractivity contribution in [2.24, 2.45) is 5.92 Å². The minimum absolute atomic E-state index is 0.0128. The molecule has 2 N–H and O–H groups in total. The Bertz CT molecular complexity index is 1330. The van der Waals surface area contributed by atoms with Crippen LogP contribution in [0.1, 0.15) is 33.9 Å². The molecule has 7 nitrogen and oxygen atoms in total. The fraction of sp³-hybridized carbons (Fsp3) is 0.310. The van der Waals surface area contributed by atoms with Gasteiger partial charge in [-0.2, -0.15) is 0 Å². The Labute approximate surface area is 221 Å². The van der Waals surface area contributed by atoms with E-state index in [0.717, 1.165) is 60.7 Å². The molecule has 190 valence electrons. The molecule has 0 aromatic heterocycles. The van der Waals surface area contributed by atoms with Gasteiger partial charge in [0.2, 0.25) is 5.91 Å². The molecule has 0 radical (unpaired) electrons. The fourth-order valence-electron chi connectivity index (χ4n) is 5.59. The van der Waals surface area contributed by atoms with Crippen molar-refractivity contribution in [1.82, 2.24) is 4.90 Å². The SMILES string of the molecule is O=C1Nc2ccccc2C(N2CCN(c3ccc(NC(=O)C4CCOC4)cc3Cl)CC2)c2ccccc21. The number of fused-ring (bicyclic) bond motifs is 2. The van der Waals surface area contributed by atoms with Crippen LogP contribution in [-0.4, -0.2) is 56.1 Å². The Hall–Kier alpha value is -3.39. The summed E-state index contributed by atoms with van der Waals surface area (Å²) < 4.78 is 5.32. The molecule has 3 aromatic rings. The van der Waals surface area contributed by atoms with E-state index < -0.39 is 0 Å². The van der Waals surface area contributed by atoms with Gasteiger partial charge in [0.25, 0.3) is 5.91 Å². The topological polar surface area (TPSA) is 73.9 Å². The van der Waals surface area contributed by atoms with Gasteiger partial charge in [-0.25, -0.2) is 0 Å². The lowest BCUT2D eigenvalue weighted by Crippen LogP contribution is -2.48. The highest BCUT2D eigenvalue weighted by Crippen LogP contribution is 2.39. The van der Waals surface area contributed by atoms with Crippen molar-refractivity contribution in [3.05, 3.63) is 88.4 Å². The second-order valence-corrected chi connectivity index (χ2v) is 10.2. The first-order valence-electron chi connectivity index (χ1n) is 12.7. The summed E-state index contributed by atoms with van der Waals surface area (Å²) in [5.41, 5.74) is 5.39. The van der Waals surface area contributed by atoms with E-state index in [2.05, 4.69) is 32.6 Å². The normalized spacial score (nSPS) is 21.5. The van der Waals surface area contributed by atoms with E-state index in [0.29, 0.717) is 23.9 Å². The number of carbonyl (C=O) groups excluding carboxylic acids is 2. The smallest absolute Gasteiger partial charge is 0.256 e. The zero-order valence-electron chi connectivity index (χ0n) is 20.5. The lowest BCUT2D eigenvalue weighted by Gasteiger charge is -2.41. The molecule has 8 heteroatoms. The molecule has 2 unspecified atom stereocenters. The molecular formula is C29H29ClN4O3. The molecule has 0 spiro atoms. The third kappa shape index (κ3) is 4.70. The van der Waals surface area contributed by atoms with Crippen molar-refractivity contribution in [3.63, 3.8) is 0 Å². The number of hydrogen-bond donors (Lipinski definition) is 2. The van der Waals surface area contributed by atoms with Crippen LogP contribution in [0.2, 0.25) is 5.02 Å². The molecule has 0 bridgehead atoms. The molecule has 3 aromatic carbocycles. The van der Waals surface area contributed by atoms with Gasteiger partial charge in [-0.15, -0.1) is 0 Å². The predicted molar refractivity (Wildman–Crippen MR) is 145 cm³/mol. The largest absolute Gasteiger partial charge is 0.381 e. The number of halogens is 1. The van der Waals surface area contributed by atoms with E-state index in [1.165, 1.54) is 0 Å². The second kappa shape index (κ2) is 10.2. The average molecular weight is 517 g/mol. The van der Waals surface area contributed by atoms with E-state index in [9.17, 15) is 9.59 Å². The summed E-state index contributed by atoms with van der Waals surface area (Å²) >= 11 is 6.69. The van der Waals surface area contributed by atoms with Gasteiger partial charge in [-0.1, -0.05) is 48.0 Å². The van der Waals surface area contributed by atoms with Gasteiger partial charge in [0, 0.05) is 49.7 Å². The fourth-order valence-corrected chi connectivity index (χ4v) is 5.89. The maximum Gasteiger partial charge on any atom is 0.256 e. The summed E-state index contributed by atoms with van der Waals surface area (Å²) in [6, 6.07) is 21.7. The van der Waals surface area contributed by atoms with E-state index in [1.807, 2.05) is 54.6 Å². The maximum atomic E-state index is 13.0. The number of nitrogens with one attached hydrogen (secondary N) is 2. The highest BCUT2D eigenvalue weighted by atomic mass is 35.5. The Morgan fingerprint density at radius 2 is 1.73 bits per heavy atom. The number of para-hydroxylation sites is 1. The molecule has 2 amide bonds. The minimum Gasteiger partial charge on any atom is -0.381 e. The highest BCUT2D eigenvalue weighted by molar-refractivity contribution is 6.33. The number of benzene rings is 3. The average Bonchev–Trinajstić information content (AvgIpc) is 3.42. The molecule has 0 saturated carbocycles. The van der Waals surface area contributed by atoms with Crippen LogP contribution in [0.15, 0.2) is 66.7 Å². The zero-order valence-corrected chi connectivity index (χ0v) is 21.2. The number of rotatable bonds is 4. The van der Waals surface area contributed by atoms with Crippen LogP contribution in [-0.2, 0) is 9.53 Å². The van der Waals surface area contributed by atoms with Gasteiger partial charge in [-0.3, -0.25) is 14.5 Å². The van der Waals surface area contributed by atoms with Crippen molar-refractivity contribution in [1.29, 1.82) is 0 Å². The van der Waals surface area contributed by atoms with Crippen molar-refractivity contribution in [3.8, 4) is 0 Å². The van der Waals surface area contributed by atoms with Crippen LogP contribution in [0.5, 0.6) is 0 Å². The van der Waals surface area contributed by atoms with Crippen molar-refractivity contribution in [2.45, 2.75) is 12.5 Å². The number of nitrogens with zero attached hydrogens (tertiary/aromatic N) is 2. The van der Waals surface area contributed by atoms with Crippen molar-refractivity contribution in [2.75, 3.05) is 54.9 Å². The number of hydrogen-bond acceptors (Lipinski definition) is 5. The predicted octanol–water partition coefficient (Wildman–Crippen LogP) is 4.79. The van der Waals surface area contributed by atoms with Crippen LogP contribution < -0.4 is 15.5 Å². The summed E-state index contributed by atoms with van der Waals surface area (Å²) in [7, 11) is 0. The van der Waals surface area contributed by atoms with Gasteiger partial charge in [-0.05, 0) is 47.9 Å². The van der Waals surface area contributed by atoms with Gasteiger partial charge in [0.15, 0.2) is 0 Å². The summed E-state index contributed by atoms with van der Waals surface area (Å²) in [5.74, 6) is -0.188. The van der Waals surface area contributed by atoms with Crippen LogP contribution in [0.4, 0.5) is 17.1 Å². The summed E-state index contributed by atoms with van der Waals surface area (Å²) in [4.78, 5) is 30.1. The van der Waals surface area contributed by atoms with E-state index in [4.69, 9.17) is 16.3 Å². The number of carbonyl (C=O) groups is 2. The Balaban J connectivity index is 1.19. The molecule has 2 atom stereocenters. The van der Waals surface area contributed by atoms with Gasteiger partial charge in [0.05, 0.1) is 29.3 Å². The van der Waals surface area contributed by atoms with Crippen molar-refractivity contribution >= 4 is 40.5 Å². The Kier molecular flexibility index (Phi) is 6.59. The molecule has 6 rings (SSSR count).